The summed E-state index contributed by atoms with van der Waals surface area (Å²) in [6, 6.07) is 10.3. The number of carboxylic acids is 1. The Morgan fingerprint density at radius 3 is 2.65 bits per heavy atom. The number of rotatable bonds is 8. The second-order valence-electron chi connectivity index (χ2n) is 9.31. The molecule has 1 aromatic heterocycles. The van der Waals surface area contributed by atoms with E-state index >= 15 is 0 Å². The Hall–Kier alpha value is -3.83. The highest BCUT2D eigenvalue weighted by atomic mass is 19.1. The molecule has 1 saturated heterocycles. The lowest BCUT2D eigenvalue weighted by molar-refractivity contribution is -0.139. The van der Waals surface area contributed by atoms with Crippen molar-refractivity contribution in [3.63, 3.8) is 0 Å². The Bertz CT molecular complexity index is 1340. The number of methoxy groups -OCH3 is 1. The van der Waals surface area contributed by atoms with Gasteiger partial charge in [-0.2, -0.15) is 0 Å². The van der Waals surface area contributed by atoms with Crippen molar-refractivity contribution >= 4 is 22.7 Å². The van der Waals surface area contributed by atoms with E-state index in [2.05, 4.69) is 21.7 Å². The molecule has 192 valence electrons. The molecule has 3 aromatic rings. The Morgan fingerprint density at radius 2 is 1.92 bits per heavy atom. The second-order valence-corrected chi connectivity index (χ2v) is 9.31. The highest BCUT2D eigenvalue weighted by molar-refractivity contribution is 6.07. The number of fused-ring (bicyclic) bond motifs is 1. The Labute approximate surface area is 214 Å². The number of aliphatic carboxylic acids is 1. The Morgan fingerprint density at radius 1 is 1.14 bits per heavy atom. The first-order valence-electron chi connectivity index (χ1n) is 12.2. The van der Waals surface area contributed by atoms with Gasteiger partial charge >= 0.3 is 5.97 Å². The molecule has 0 aliphatic carbocycles. The van der Waals surface area contributed by atoms with Crippen molar-refractivity contribution in [2.75, 3.05) is 26.7 Å². The van der Waals surface area contributed by atoms with Gasteiger partial charge in [0, 0.05) is 48.2 Å². The molecule has 0 radical (unpaired) electrons. The van der Waals surface area contributed by atoms with E-state index in [4.69, 9.17) is 4.74 Å². The molecule has 0 amide bonds. The lowest BCUT2D eigenvalue weighted by Crippen LogP contribution is -2.41. The number of Topliss-reactive ketones (excluding diaryl/α,β-unsaturated/α-hetero) is 1. The predicted molar refractivity (Wildman–Crippen MR) is 135 cm³/mol. The number of ether oxygens (including phenoxy) is 1. The molecule has 37 heavy (non-hydrogen) atoms. The number of hydrogen-bond donors (Lipinski definition) is 1. The number of hydrogen-bond acceptors (Lipinski definition) is 5. The summed E-state index contributed by atoms with van der Waals surface area (Å²) in [7, 11) is 1.57. The van der Waals surface area contributed by atoms with Gasteiger partial charge in [0.05, 0.1) is 19.2 Å². The summed E-state index contributed by atoms with van der Waals surface area (Å²) in [6.07, 6.45) is 3.27. The van der Waals surface area contributed by atoms with Crippen LogP contribution in [0, 0.1) is 35.3 Å². The van der Waals surface area contributed by atoms with E-state index in [9.17, 15) is 23.5 Å². The van der Waals surface area contributed by atoms with E-state index in [0.29, 0.717) is 49.3 Å². The molecule has 1 fully saturated rings. The van der Waals surface area contributed by atoms with Crippen molar-refractivity contribution in [2.45, 2.75) is 25.7 Å². The standard InChI is InChI=1S/C29H28F2N2O4/c1-37-24-5-6-27-26(17-24)25(8-10-32-27)28(34)7-4-20-9-12-33(18-21(20)15-29(35)36)11-2-3-19-13-22(30)16-23(31)14-19/h5-6,8,10,13-14,16-17,20-21H,4,7,9,11-12,15,18H2,1H3,(H,35,36)/t20-,21-/m1/s1. The van der Waals surface area contributed by atoms with E-state index in [0.717, 1.165) is 17.9 Å². The van der Waals surface area contributed by atoms with E-state index < -0.39 is 17.6 Å². The number of likely N-dealkylation sites (tertiary alicyclic amines) is 1. The van der Waals surface area contributed by atoms with E-state index in [1.165, 1.54) is 12.1 Å². The molecule has 0 bridgehead atoms. The third-order valence-electron chi connectivity index (χ3n) is 6.80. The molecule has 6 nitrogen and oxygen atoms in total. The number of benzene rings is 2. The maximum Gasteiger partial charge on any atom is 0.303 e. The average Bonchev–Trinajstić information content (AvgIpc) is 2.86. The normalized spacial score (nSPS) is 17.7. The molecule has 2 heterocycles. The molecule has 2 atom stereocenters. The zero-order valence-electron chi connectivity index (χ0n) is 20.5. The van der Waals surface area contributed by atoms with Gasteiger partial charge in [0.2, 0.25) is 0 Å². The summed E-state index contributed by atoms with van der Waals surface area (Å²) in [6.45, 7) is 1.61. The highest BCUT2D eigenvalue weighted by Crippen LogP contribution is 2.31. The van der Waals surface area contributed by atoms with Crippen LogP contribution >= 0.6 is 0 Å². The summed E-state index contributed by atoms with van der Waals surface area (Å²) in [5.74, 6) is 4.08. The van der Waals surface area contributed by atoms with Gasteiger partial charge in [0.1, 0.15) is 17.4 Å². The fourth-order valence-electron chi connectivity index (χ4n) is 4.96. The molecule has 2 aromatic carbocycles. The van der Waals surface area contributed by atoms with Gasteiger partial charge in [-0.1, -0.05) is 11.8 Å². The zero-order valence-corrected chi connectivity index (χ0v) is 20.5. The third kappa shape index (κ3) is 6.89. The largest absolute Gasteiger partial charge is 0.497 e. The molecule has 1 N–H and O–H groups in total. The number of halogens is 2. The predicted octanol–water partition coefficient (Wildman–Crippen LogP) is 4.95. The van der Waals surface area contributed by atoms with Gasteiger partial charge in [0.25, 0.3) is 0 Å². The number of aromatic nitrogens is 1. The minimum Gasteiger partial charge on any atom is -0.497 e. The van der Waals surface area contributed by atoms with Crippen LogP contribution in [0.2, 0.25) is 0 Å². The molecular formula is C29H28F2N2O4. The van der Waals surface area contributed by atoms with E-state index in [1.807, 2.05) is 6.07 Å². The van der Waals surface area contributed by atoms with E-state index in [-0.39, 0.29) is 29.6 Å². The molecule has 1 aliphatic heterocycles. The van der Waals surface area contributed by atoms with Crippen molar-refractivity contribution in [2.24, 2.45) is 11.8 Å². The van der Waals surface area contributed by atoms with Crippen LogP contribution in [0.3, 0.4) is 0 Å². The number of piperidine rings is 1. The first kappa shape index (κ1) is 26.2. The van der Waals surface area contributed by atoms with Gasteiger partial charge in [-0.05, 0) is 67.6 Å². The summed E-state index contributed by atoms with van der Waals surface area (Å²) < 4.78 is 32.0. The third-order valence-corrected chi connectivity index (χ3v) is 6.80. The molecule has 8 heteroatoms. The van der Waals surface area contributed by atoms with Gasteiger partial charge in [-0.15, -0.1) is 0 Å². The molecular weight excluding hydrogens is 478 g/mol. The SMILES string of the molecule is COc1ccc2nccc(C(=O)CC[C@@H]3CCN(CC#Cc4cc(F)cc(F)c4)C[C@H]3CC(=O)O)c2c1. The highest BCUT2D eigenvalue weighted by Gasteiger charge is 2.31. The van der Waals surface area contributed by atoms with Crippen molar-refractivity contribution in [3.8, 4) is 17.6 Å². The van der Waals surface area contributed by atoms with Crippen LogP contribution in [0.1, 0.15) is 41.6 Å². The fourth-order valence-corrected chi connectivity index (χ4v) is 4.96. The van der Waals surface area contributed by atoms with Crippen LogP contribution in [0.25, 0.3) is 10.9 Å². The average molecular weight is 507 g/mol. The molecule has 1 aliphatic rings. The van der Waals surface area contributed by atoms with Crippen LogP contribution < -0.4 is 4.74 Å². The Balaban J connectivity index is 1.40. The Kier molecular flexibility index (Phi) is 8.47. The van der Waals surface area contributed by atoms with Crippen LogP contribution in [0.5, 0.6) is 5.75 Å². The van der Waals surface area contributed by atoms with Crippen molar-refractivity contribution in [3.05, 3.63) is 71.4 Å². The van der Waals surface area contributed by atoms with E-state index in [1.54, 1.807) is 31.5 Å². The first-order valence-corrected chi connectivity index (χ1v) is 12.2. The molecule has 0 unspecified atom stereocenters. The topological polar surface area (TPSA) is 79.7 Å². The minimum absolute atomic E-state index is 0.00722. The van der Waals surface area contributed by atoms with Crippen molar-refractivity contribution < 1.29 is 28.2 Å². The van der Waals surface area contributed by atoms with Crippen molar-refractivity contribution in [1.82, 2.24) is 9.88 Å². The lowest BCUT2D eigenvalue weighted by Gasteiger charge is -2.37. The maximum absolute atomic E-state index is 13.4. The minimum atomic E-state index is -0.878. The van der Waals surface area contributed by atoms with Crippen LogP contribution in [-0.2, 0) is 4.79 Å². The van der Waals surface area contributed by atoms with Crippen LogP contribution in [-0.4, -0.2) is 53.5 Å². The van der Waals surface area contributed by atoms with Crippen LogP contribution in [0.15, 0.2) is 48.7 Å². The van der Waals surface area contributed by atoms with Gasteiger partial charge < -0.3 is 9.84 Å². The second kappa shape index (κ2) is 11.9. The number of ketones is 1. The fraction of sp³-hybridized carbons (Fsp3) is 0.345. The van der Waals surface area contributed by atoms with Crippen molar-refractivity contribution in [1.29, 1.82) is 0 Å². The first-order chi connectivity index (χ1) is 17.8. The molecule has 0 spiro atoms. The quantitative estimate of drug-likeness (QED) is 0.344. The number of carboxylic acid groups (broad SMARTS) is 1. The summed E-state index contributed by atoms with van der Waals surface area (Å²) in [4.78, 5) is 31.1. The zero-order chi connectivity index (χ0) is 26.4. The van der Waals surface area contributed by atoms with Gasteiger partial charge in [-0.3, -0.25) is 19.5 Å². The summed E-state index contributed by atoms with van der Waals surface area (Å²) >= 11 is 0. The maximum atomic E-state index is 13.4. The van der Waals surface area contributed by atoms with Gasteiger partial charge in [-0.25, -0.2) is 8.78 Å². The summed E-state index contributed by atoms with van der Waals surface area (Å²) in [5, 5.41) is 10.2. The monoisotopic (exact) mass is 506 g/mol. The number of carbonyl (C=O) groups excluding carboxylic acids is 1. The van der Waals surface area contributed by atoms with Gasteiger partial charge in [0.15, 0.2) is 5.78 Å². The number of nitrogens with zero attached hydrogens (tertiary/aromatic N) is 2. The molecule has 4 rings (SSSR count). The smallest absolute Gasteiger partial charge is 0.303 e. The number of carbonyl (C=O) groups is 2. The number of pyridine rings is 1. The van der Waals surface area contributed by atoms with Crippen LogP contribution in [0.4, 0.5) is 8.78 Å². The lowest BCUT2D eigenvalue weighted by atomic mass is 9.79. The summed E-state index contributed by atoms with van der Waals surface area (Å²) in [5.41, 5.74) is 1.56. The molecule has 0 saturated carbocycles.